The molecular formula is C43H39N5O+2. The number of nitrogens with zero attached hydrogens (tertiary/aromatic N) is 5. The maximum atomic E-state index is 8.69. The Hall–Kier alpha value is -5.84. The Kier molecular flexibility index (Phi) is 5.87. The number of para-hydroxylation sites is 3. The van der Waals surface area contributed by atoms with Crippen LogP contribution in [0.5, 0.6) is 11.5 Å². The molecule has 0 fully saturated rings. The lowest BCUT2D eigenvalue weighted by Crippen LogP contribution is -2.12. The SMILES string of the molecule is [2H]c1c([2H])c([2H])c([N+]2=C=[N+](c3cc(Oc4ccc5c6ncccc6n(-c6cc(C(C)(C)C)ccn6)c5c4)cc(C(C)(C)C)c3)c3ccccc32)c([2H])c1[2H]. The van der Waals surface area contributed by atoms with Crippen molar-refractivity contribution >= 4 is 50.7 Å². The van der Waals surface area contributed by atoms with E-state index in [0.717, 1.165) is 44.7 Å². The van der Waals surface area contributed by atoms with Gasteiger partial charge in [-0.1, -0.05) is 71.8 Å². The van der Waals surface area contributed by atoms with E-state index >= 15 is 0 Å². The van der Waals surface area contributed by atoms with E-state index in [1.165, 1.54) is 5.56 Å². The van der Waals surface area contributed by atoms with Crippen LogP contribution in [0.4, 0.5) is 22.7 Å². The second kappa shape index (κ2) is 11.4. The second-order valence-corrected chi connectivity index (χ2v) is 14.3. The highest BCUT2D eigenvalue weighted by molar-refractivity contribution is 6.07. The first kappa shape index (κ1) is 25.2. The van der Waals surface area contributed by atoms with Crippen molar-refractivity contribution in [3.05, 3.63) is 139 Å². The van der Waals surface area contributed by atoms with Crippen LogP contribution in [-0.2, 0) is 10.8 Å². The molecule has 1 aliphatic rings. The fourth-order valence-electron chi connectivity index (χ4n) is 6.24. The topological polar surface area (TPSA) is 46.0 Å². The van der Waals surface area contributed by atoms with Crippen LogP contribution in [0.1, 0.15) is 59.5 Å². The summed E-state index contributed by atoms with van der Waals surface area (Å²) in [6.45, 7) is 13.0. The predicted octanol–water partition coefficient (Wildman–Crippen LogP) is 10.8. The van der Waals surface area contributed by atoms with Crippen molar-refractivity contribution in [2.75, 3.05) is 0 Å². The largest absolute Gasteiger partial charge is 0.503 e. The summed E-state index contributed by atoms with van der Waals surface area (Å²) in [4.78, 5) is 9.55. The minimum atomic E-state index is -0.442. The number of hydrogen-bond donors (Lipinski definition) is 0. The molecule has 0 atom stereocenters. The lowest BCUT2D eigenvalue weighted by Gasteiger charge is -2.20. The molecule has 0 N–H and O–H groups in total. The summed E-state index contributed by atoms with van der Waals surface area (Å²) in [6.07, 6.45) is 3.66. The van der Waals surface area contributed by atoms with E-state index in [9.17, 15) is 0 Å². The molecule has 240 valence electrons. The number of aromatic nitrogens is 3. The molecule has 6 heteroatoms. The van der Waals surface area contributed by atoms with Gasteiger partial charge in [0.05, 0.1) is 29.5 Å². The lowest BCUT2D eigenvalue weighted by molar-refractivity contribution is 0.479. The average Bonchev–Trinajstić information content (AvgIpc) is 3.68. The van der Waals surface area contributed by atoms with Crippen molar-refractivity contribution in [1.82, 2.24) is 23.7 Å². The van der Waals surface area contributed by atoms with Crippen molar-refractivity contribution in [2.24, 2.45) is 0 Å². The van der Waals surface area contributed by atoms with E-state index in [0.29, 0.717) is 17.2 Å². The van der Waals surface area contributed by atoms with Gasteiger partial charge in [-0.2, -0.15) is 0 Å². The average molecular weight is 647 g/mol. The van der Waals surface area contributed by atoms with Gasteiger partial charge in [-0.3, -0.25) is 9.55 Å². The molecule has 49 heavy (non-hydrogen) atoms. The van der Waals surface area contributed by atoms with E-state index in [4.69, 9.17) is 21.6 Å². The zero-order chi connectivity index (χ0) is 38.3. The van der Waals surface area contributed by atoms with Crippen LogP contribution in [-0.4, -0.2) is 20.5 Å². The lowest BCUT2D eigenvalue weighted by atomic mass is 9.86. The fourth-order valence-corrected chi connectivity index (χ4v) is 6.24. The van der Waals surface area contributed by atoms with Gasteiger partial charge in [0.1, 0.15) is 17.3 Å². The van der Waals surface area contributed by atoms with Gasteiger partial charge in [0, 0.05) is 54.1 Å². The smallest absolute Gasteiger partial charge is 0.457 e. The standard InChI is InChI=1S/C43H39N5O/c1-42(2,3)29-20-22-44-40(25-29)48-38-17-12-21-45-41(38)35-19-18-33(27-39(35)48)49-34-24-30(43(4,5)6)23-32(26-34)47-28-46(31-13-8-7-9-14-31)36-15-10-11-16-37(36)47/h7-27H,1-6H3/q+2/i7D,8D,9D,13D,14D. The monoisotopic (exact) mass is 646 g/mol. The molecule has 4 heterocycles. The van der Waals surface area contributed by atoms with E-state index in [-0.39, 0.29) is 28.6 Å². The fraction of sp³-hybridized carbons (Fsp3) is 0.186. The molecule has 4 aromatic carbocycles. The van der Waals surface area contributed by atoms with Crippen molar-refractivity contribution < 1.29 is 11.6 Å². The van der Waals surface area contributed by atoms with Crippen LogP contribution in [0.3, 0.4) is 0 Å². The van der Waals surface area contributed by atoms with E-state index in [1.807, 2.05) is 71.4 Å². The highest BCUT2D eigenvalue weighted by atomic mass is 16.5. The number of fused-ring (bicyclic) bond motifs is 4. The first-order valence-corrected chi connectivity index (χ1v) is 16.3. The Morgan fingerprint density at radius 3 is 2.12 bits per heavy atom. The highest BCUT2D eigenvalue weighted by Gasteiger charge is 2.36. The van der Waals surface area contributed by atoms with Crippen molar-refractivity contribution in [3.63, 3.8) is 0 Å². The minimum Gasteiger partial charge on any atom is -0.457 e. The third-order valence-corrected chi connectivity index (χ3v) is 8.86. The molecule has 0 aliphatic carbocycles. The number of rotatable bonds is 5. The zero-order valence-electron chi connectivity index (χ0n) is 33.4. The van der Waals surface area contributed by atoms with E-state index in [1.54, 1.807) is 10.8 Å². The number of ether oxygens (including phenoxy) is 1. The van der Waals surface area contributed by atoms with Gasteiger partial charge in [0.25, 0.3) is 11.4 Å². The maximum absolute atomic E-state index is 8.69. The molecule has 0 radical (unpaired) electrons. The third kappa shape index (κ3) is 5.50. The van der Waals surface area contributed by atoms with Crippen LogP contribution in [0.25, 0.3) is 27.8 Å². The van der Waals surface area contributed by atoms with Crippen LogP contribution in [0, 0.1) is 0 Å². The first-order chi connectivity index (χ1) is 25.6. The number of pyridine rings is 2. The minimum absolute atomic E-state index is 0.0279. The van der Waals surface area contributed by atoms with Crippen molar-refractivity contribution in [2.45, 2.75) is 52.4 Å². The molecule has 0 amide bonds. The van der Waals surface area contributed by atoms with Gasteiger partial charge < -0.3 is 4.74 Å². The van der Waals surface area contributed by atoms with Crippen LogP contribution in [0.2, 0.25) is 0 Å². The summed E-state index contributed by atoms with van der Waals surface area (Å²) in [5.41, 5.74) is 6.75. The Balaban J connectivity index is 1.29. The molecule has 1 aliphatic heterocycles. The molecule has 0 spiro atoms. The van der Waals surface area contributed by atoms with E-state index < -0.39 is 18.1 Å². The summed E-state index contributed by atoms with van der Waals surface area (Å²) in [5, 5.41) is 0.982. The Labute approximate surface area is 294 Å². The van der Waals surface area contributed by atoms with Crippen molar-refractivity contribution in [3.8, 4) is 17.3 Å². The van der Waals surface area contributed by atoms with E-state index in [2.05, 4.69) is 76.4 Å². The summed E-state index contributed by atoms with van der Waals surface area (Å²) >= 11 is 0. The normalized spacial score (nSPS) is 14.4. The molecule has 0 saturated carbocycles. The third-order valence-electron chi connectivity index (χ3n) is 8.86. The molecule has 0 bridgehead atoms. The van der Waals surface area contributed by atoms with Gasteiger partial charge in [-0.15, -0.1) is 0 Å². The molecular weight excluding hydrogens is 603 g/mol. The molecule has 6 nitrogen and oxygen atoms in total. The molecule has 3 aromatic heterocycles. The summed E-state index contributed by atoms with van der Waals surface area (Å²) in [7, 11) is 0. The van der Waals surface area contributed by atoms with Crippen LogP contribution < -0.4 is 13.9 Å². The van der Waals surface area contributed by atoms with Crippen molar-refractivity contribution in [1.29, 1.82) is 0 Å². The first-order valence-electron chi connectivity index (χ1n) is 18.8. The molecule has 8 rings (SSSR count). The summed E-state index contributed by atoms with van der Waals surface area (Å²) in [5.74, 6) is 2.03. The summed E-state index contributed by atoms with van der Waals surface area (Å²) < 4.78 is 54.3. The zero-order valence-corrected chi connectivity index (χ0v) is 28.4. The highest BCUT2D eigenvalue weighted by Crippen LogP contribution is 2.40. The number of hydrogen-bond acceptors (Lipinski definition) is 3. The summed E-state index contributed by atoms with van der Waals surface area (Å²) in [6, 6.07) is 29.2. The van der Waals surface area contributed by atoms with Gasteiger partial charge >= 0.3 is 6.01 Å². The Morgan fingerprint density at radius 1 is 0.653 bits per heavy atom. The Bertz CT molecular complexity index is 2740. The maximum Gasteiger partial charge on any atom is 0.503 e. The second-order valence-electron chi connectivity index (χ2n) is 14.3. The Morgan fingerprint density at radius 2 is 1.39 bits per heavy atom. The van der Waals surface area contributed by atoms with Gasteiger partial charge in [-0.05, 0) is 73.6 Å². The predicted molar refractivity (Wildman–Crippen MR) is 201 cm³/mol. The molecule has 7 aromatic rings. The number of benzene rings is 4. The van der Waals surface area contributed by atoms with Gasteiger partial charge in [0.2, 0.25) is 11.4 Å². The molecule has 0 saturated heterocycles. The quantitative estimate of drug-likeness (QED) is 0.175. The van der Waals surface area contributed by atoms with Crippen LogP contribution in [0.15, 0.2) is 128 Å². The molecule has 0 unspecified atom stereocenters. The van der Waals surface area contributed by atoms with Gasteiger partial charge in [0.15, 0.2) is 0 Å². The van der Waals surface area contributed by atoms with Gasteiger partial charge in [-0.25, -0.2) is 4.98 Å². The van der Waals surface area contributed by atoms with Crippen LogP contribution >= 0.6 is 0 Å².